The van der Waals surface area contributed by atoms with E-state index in [1.807, 2.05) is 12.1 Å². The molecule has 1 N–H and O–H groups in total. The molecule has 0 aliphatic rings. The van der Waals surface area contributed by atoms with Gasteiger partial charge < -0.3 is 9.73 Å². The first-order valence-corrected chi connectivity index (χ1v) is 7.50. The summed E-state index contributed by atoms with van der Waals surface area (Å²) in [5, 5.41) is 10.9. The second kappa shape index (κ2) is 6.04. The van der Waals surface area contributed by atoms with Gasteiger partial charge >= 0.3 is 5.63 Å². The summed E-state index contributed by atoms with van der Waals surface area (Å²) < 4.78 is 6.91. The van der Waals surface area contributed by atoms with Crippen LogP contribution in [0.4, 0.5) is 5.69 Å². The molecule has 0 aliphatic heterocycles. The summed E-state index contributed by atoms with van der Waals surface area (Å²) in [5.41, 5.74) is 1.05. The first-order chi connectivity index (χ1) is 12.2. The van der Waals surface area contributed by atoms with Gasteiger partial charge in [0.15, 0.2) is 0 Å². The maximum absolute atomic E-state index is 12.5. The SMILES string of the molecule is O=C(Nc1cccc(-n2cnnc2)c1)c1cc2ccccc2oc1=O. The fourth-order valence-corrected chi connectivity index (χ4v) is 2.50. The Morgan fingerprint density at radius 1 is 1.00 bits per heavy atom. The van der Waals surface area contributed by atoms with Gasteiger partial charge in [-0.25, -0.2) is 4.79 Å². The van der Waals surface area contributed by atoms with Crippen molar-refractivity contribution in [2.24, 2.45) is 0 Å². The fraction of sp³-hybridized carbons (Fsp3) is 0. The zero-order valence-electron chi connectivity index (χ0n) is 12.9. The molecule has 0 spiro atoms. The van der Waals surface area contributed by atoms with Gasteiger partial charge in [0.1, 0.15) is 23.8 Å². The van der Waals surface area contributed by atoms with Crippen LogP contribution in [-0.2, 0) is 0 Å². The van der Waals surface area contributed by atoms with Crippen LogP contribution in [0.15, 0.2) is 76.5 Å². The van der Waals surface area contributed by atoms with E-state index in [0.29, 0.717) is 16.7 Å². The number of carbonyl (C=O) groups excluding carboxylic acids is 1. The van der Waals surface area contributed by atoms with Crippen LogP contribution in [-0.4, -0.2) is 20.7 Å². The lowest BCUT2D eigenvalue weighted by atomic mass is 10.1. The predicted octanol–water partition coefficient (Wildman–Crippen LogP) is 2.63. The van der Waals surface area contributed by atoms with Crippen molar-refractivity contribution in [2.45, 2.75) is 0 Å². The molecule has 122 valence electrons. The fourth-order valence-electron chi connectivity index (χ4n) is 2.50. The highest BCUT2D eigenvalue weighted by atomic mass is 16.4. The average Bonchev–Trinajstić information content (AvgIpc) is 3.16. The summed E-state index contributed by atoms with van der Waals surface area (Å²) in [4.78, 5) is 24.5. The van der Waals surface area contributed by atoms with Gasteiger partial charge in [-0.15, -0.1) is 10.2 Å². The molecule has 0 saturated carbocycles. The molecule has 7 nitrogen and oxygen atoms in total. The molecule has 0 atom stereocenters. The zero-order valence-corrected chi connectivity index (χ0v) is 12.9. The number of rotatable bonds is 3. The number of nitrogens with one attached hydrogen (secondary N) is 1. The summed E-state index contributed by atoms with van der Waals surface area (Å²) in [6, 6.07) is 15.7. The lowest BCUT2D eigenvalue weighted by molar-refractivity contribution is 0.102. The molecule has 2 aromatic heterocycles. The molecule has 0 radical (unpaired) electrons. The van der Waals surface area contributed by atoms with Crippen LogP contribution in [0.1, 0.15) is 10.4 Å². The number of hydrogen-bond donors (Lipinski definition) is 1. The van der Waals surface area contributed by atoms with Crippen molar-refractivity contribution in [3.05, 3.63) is 83.2 Å². The lowest BCUT2D eigenvalue weighted by Crippen LogP contribution is -2.20. The first-order valence-electron chi connectivity index (χ1n) is 7.50. The van der Waals surface area contributed by atoms with Crippen LogP contribution < -0.4 is 10.9 Å². The molecule has 1 amide bonds. The molecule has 7 heteroatoms. The third-order valence-electron chi connectivity index (χ3n) is 3.71. The molecular weight excluding hydrogens is 320 g/mol. The normalized spacial score (nSPS) is 10.7. The molecule has 0 bridgehead atoms. The number of benzene rings is 2. The molecule has 25 heavy (non-hydrogen) atoms. The highest BCUT2D eigenvalue weighted by Gasteiger charge is 2.14. The number of nitrogens with zero attached hydrogens (tertiary/aromatic N) is 3. The maximum Gasteiger partial charge on any atom is 0.349 e. The molecule has 2 aromatic carbocycles. The maximum atomic E-state index is 12.5. The number of aromatic nitrogens is 3. The molecule has 2 heterocycles. The number of fused-ring (bicyclic) bond motifs is 1. The molecule has 4 aromatic rings. The third kappa shape index (κ3) is 2.90. The molecule has 0 saturated heterocycles. The smallest absolute Gasteiger partial charge is 0.349 e. The summed E-state index contributed by atoms with van der Waals surface area (Å²) in [6.45, 7) is 0. The van der Waals surface area contributed by atoms with Gasteiger partial charge in [-0.05, 0) is 30.3 Å². The minimum Gasteiger partial charge on any atom is -0.422 e. The van der Waals surface area contributed by atoms with Crippen LogP contribution in [0.25, 0.3) is 16.7 Å². The van der Waals surface area contributed by atoms with Crippen LogP contribution in [0, 0.1) is 0 Å². The third-order valence-corrected chi connectivity index (χ3v) is 3.71. The lowest BCUT2D eigenvalue weighted by Gasteiger charge is -2.07. The molecule has 0 fully saturated rings. The second-order valence-electron chi connectivity index (χ2n) is 5.36. The van der Waals surface area contributed by atoms with E-state index < -0.39 is 11.5 Å². The number of amides is 1. The van der Waals surface area contributed by atoms with Crippen LogP contribution in [0.5, 0.6) is 0 Å². The Hall–Kier alpha value is -3.74. The first kappa shape index (κ1) is 14.8. The van der Waals surface area contributed by atoms with Crippen LogP contribution in [0.2, 0.25) is 0 Å². The standard InChI is InChI=1S/C18H12N4O3/c23-17(15-8-12-4-1-2-7-16(12)25-18(15)24)21-13-5-3-6-14(9-13)22-10-19-20-11-22/h1-11H,(H,21,23). The van der Waals surface area contributed by atoms with Crippen LogP contribution in [0.3, 0.4) is 0 Å². The second-order valence-corrected chi connectivity index (χ2v) is 5.36. The van der Waals surface area contributed by atoms with Gasteiger partial charge in [-0.1, -0.05) is 24.3 Å². The molecule has 0 aliphatic carbocycles. The minimum atomic E-state index is -0.675. The summed E-state index contributed by atoms with van der Waals surface area (Å²) in [6.07, 6.45) is 3.11. The minimum absolute atomic E-state index is 0.0478. The monoisotopic (exact) mass is 332 g/mol. The Kier molecular flexibility index (Phi) is 3.59. The van der Waals surface area contributed by atoms with Gasteiger partial charge in [-0.3, -0.25) is 9.36 Å². The van der Waals surface area contributed by atoms with Crippen molar-refractivity contribution in [2.75, 3.05) is 5.32 Å². The van der Waals surface area contributed by atoms with Gasteiger partial charge in [0.05, 0.1) is 5.69 Å². The average molecular weight is 332 g/mol. The Morgan fingerprint density at radius 2 is 1.80 bits per heavy atom. The van der Waals surface area contributed by atoms with E-state index in [2.05, 4.69) is 15.5 Å². The van der Waals surface area contributed by atoms with E-state index in [0.717, 1.165) is 5.69 Å². The van der Waals surface area contributed by atoms with E-state index in [4.69, 9.17) is 4.42 Å². The molecular formula is C18H12N4O3. The Morgan fingerprint density at radius 3 is 2.64 bits per heavy atom. The van der Waals surface area contributed by atoms with Crippen molar-refractivity contribution in [1.82, 2.24) is 14.8 Å². The van der Waals surface area contributed by atoms with Gasteiger partial charge in [0, 0.05) is 11.1 Å². The van der Waals surface area contributed by atoms with E-state index >= 15 is 0 Å². The Labute approximate surface area is 141 Å². The number of anilines is 1. The van der Waals surface area contributed by atoms with Crippen molar-refractivity contribution in [3.63, 3.8) is 0 Å². The predicted molar refractivity (Wildman–Crippen MR) is 91.8 cm³/mol. The van der Waals surface area contributed by atoms with E-state index in [9.17, 15) is 9.59 Å². The van der Waals surface area contributed by atoms with Crippen LogP contribution >= 0.6 is 0 Å². The molecule has 4 rings (SSSR count). The highest BCUT2D eigenvalue weighted by Crippen LogP contribution is 2.16. The van der Waals surface area contributed by atoms with Crippen molar-refractivity contribution < 1.29 is 9.21 Å². The molecule has 0 unspecified atom stereocenters. The number of carbonyl (C=O) groups is 1. The van der Waals surface area contributed by atoms with Crippen molar-refractivity contribution in [3.8, 4) is 5.69 Å². The Bertz CT molecular complexity index is 1120. The number of para-hydroxylation sites is 1. The summed E-state index contributed by atoms with van der Waals surface area (Å²) in [7, 11) is 0. The highest BCUT2D eigenvalue weighted by molar-refractivity contribution is 6.05. The Balaban J connectivity index is 1.65. The topological polar surface area (TPSA) is 90.0 Å². The van der Waals surface area contributed by atoms with Crippen molar-refractivity contribution in [1.29, 1.82) is 0 Å². The zero-order chi connectivity index (χ0) is 17.2. The van der Waals surface area contributed by atoms with Gasteiger partial charge in [0.25, 0.3) is 5.91 Å². The largest absolute Gasteiger partial charge is 0.422 e. The number of hydrogen-bond acceptors (Lipinski definition) is 5. The van der Waals surface area contributed by atoms with E-state index in [-0.39, 0.29) is 5.56 Å². The van der Waals surface area contributed by atoms with E-state index in [1.165, 1.54) is 6.07 Å². The van der Waals surface area contributed by atoms with Gasteiger partial charge in [0.2, 0.25) is 0 Å². The van der Waals surface area contributed by atoms with Crippen molar-refractivity contribution >= 4 is 22.6 Å². The summed E-state index contributed by atoms with van der Waals surface area (Å²) >= 11 is 0. The van der Waals surface area contributed by atoms with E-state index in [1.54, 1.807) is 53.6 Å². The quantitative estimate of drug-likeness (QED) is 0.583. The van der Waals surface area contributed by atoms with Gasteiger partial charge in [-0.2, -0.15) is 0 Å². The summed E-state index contributed by atoms with van der Waals surface area (Å²) in [5.74, 6) is -0.527.